The first-order valence-electron chi connectivity index (χ1n) is 14.7. The molecule has 45 heavy (non-hydrogen) atoms. The van der Waals surface area contributed by atoms with Gasteiger partial charge in [0.25, 0.3) is 5.91 Å². The lowest BCUT2D eigenvalue weighted by atomic mass is 9.82. The Labute approximate surface area is 280 Å². The number of methoxy groups -OCH3 is 1. The Hall–Kier alpha value is -3.70. The summed E-state index contributed by atoms with van der Waals surface area (Å²) in [4.78, 5) is 19.4. The number of nitrogens with one attached hydrogen (secondary N) is 2. The highest BCUT2D eigenvalue weighted by Crippen LogP contribution is 2.43. The molecule has 234 valence electrons. The molecular formula is C35H35Br2N3O5. The fraction of sp³-hybridized carbons (Fsp3) is 0.257. The molecule has 4 aromatic carbocycles. The zero-order chi connectivity index (χ0) is 31.6. The molecule has 1 heterocycles. The van der Waals surface area contributed by atoms with Crippen LogP contribution in [0.2, 0.25) is 0 Å². The molecule has 0 fully saturated rings. The second-order valence-corrected chi connectivity index (χ2v) is 12.4. The maximum absolute atomic E-state index is 14.4. The molecule has 3 N–H and O–H groups in total. The van der Waals surface area contributed by atoms with E-state index in [9.17, 15) is 4.79 Å². The SMILES string of the molecule is COc1ccccc1CCNNC(=O)[C@@]1(Cc2ccc(Br)cc2)N=C(c2ccc(OCCCO)cc2)O[C@H]1c1ccc(Br)cc1. The Morgan fingerprint density at radius 1 is 0.956 bits per heavy atom. The topological polar surface area (TPSA) is 101 Å². The lowest BCUT2D eigenvalue weighted by Crippen LogP contribution is -2.54. The van der Waals surface area contributed by atoms with Crippen molar-refractivity contribution in [2.24, 2.45) is 4.99 Å². The van der Waals surface area contributed by atoms with Gasteiger partial charge in [0, 0.05) is 40.5 Å². The van der Waals surface area contributed by atoms with Crippen molar-refractivity contribution in [1.82, 2.24) is 10.9 Å². The number of benzene rings is 4. The average molecular weight is 737 g/mol. The standard InChI is InChI=1S/C35H35Br2N3O5/c1-43-31-6-3-2-5-25(31)19-20-38-40-34(42)35(23-24-7-13-28(36)14-8-24)32(26-9-15-29(37)16-10-26)45-33(39-35)27-11-17-30(18-12-27)44-22-4-21-41/h2-3,5-18,32,38,41H,4,19-23H2,1H3,(H,40,42)/t32-,35-/m0/s1. The maximum Gasteiger partial charge on any atom is 0.266 e. The lowest BCUT2D eigenvalue weighted by Gasteiger charge is -2.31. The Bertz CT molecular complexity index is 1600. The first-order valence-corrected chi connectivity index (χ1v) is 16.3. The van der Waals surface area contributed by atoms with Gasteiger partial charge in [-0.3, -0.25) is 10.2 Å². The minimum Gasteiger partial charge on any atom is -0.496 e. The molecule has 5 rings (SSSR count). The van der Waals surface area contributed by atoms with Crippen molar-refractivity contribution in [2.75, 3.05) is 26.9 Å². The van der Waals surface area contributed by atoms with Crippen LogP contribution in [0.15, 0.2) is 111 Å². The Kier molecular flexibility index (Phi) is 11.3. The third kappa shape index (κ3) is 8.12. The Balaban J connectivity index is 1.47. The molecule has 0 saturated heterocycles. The molecule has 2 atom stereocenters. The van der Waals surface area contributed by atoms with Crippen molar-refractivity contribution in [3.8, 4) is 11.5 Å². The molecule has 0 spiro atoms. The molecular weight excluding hydrogens is 702 g/mol. The Morgan fingerprint density at radius 3 is 2.33 bits per heavy atom. The molecule has 4 aromatic rings. The molecule has 0 saturated carbocycles. The van der Waals surface area contributed by atoms with Gasteiger partial charge < -0.3 is 19.3 Å². The van der Waals surface area contributed by atoms with Gasteiger partial charge in [0.2, 0.25) is 5.90 Å². The number of aliphatic hydroxyl groups excluding tert-OH is 1. The summed E-state index contributed by atoms with van der Waals surface area (Å²) >= 11 is 7.04. The molecule has 1 aliphatic rings. The quantitative estimate of drug-likeness (QED) is 0.103. The number of aliphatic imine (C=N–C) groups is 1. The second-order valence-electron chi connectivity index (χ2n) is 10.6. The first kappa shape index (κ1) is 32.7. The summed E-state index contributed by atoms with van der Waals surface area (Å²) in [6, 6.07) is 30.9. The summed E-state index contributed by atoms with van der Waals surface area (Å²) in [6.07, 6.45) is 0.790. The predicted molar refractivity (Wildman–Crippen MR) is 182 cm³/mol. The smallest absolute Gasteiger partial charge is 0.266 e. The van der Waals surface area contributed by atoms with Crippen LogP contribution in [0.3, 0.4) is 0 Å². The van der Waals surface area contributed by atoms with Gasteiger partial charge in [-0.25, -0.2) is 10.4 Å². The van der Waals surface area contributed by atoms with E-state index in [1.54, 1.807) is 7.11 Å². The molecule has 0 radical (unpaired) electrons. The van der Waals surface area contributed by atoms with Crippen molar-refractivity contribution in [3.63, 3.8) is 0 Å². The number of halogens is 2. The summed E-state index contributed by atoms with van der Waals surface area (Å²) < 4.78 is 19.6. The van der Waals surface area contributed by atoms with E-state index in [1.807, 2.05) is 97.1 Å². The fourth-order valence-corrected chi connectivity index (χ4v) is 5.72. The van der Waals surface area contributed by atoms with Crippen LogP contribution in [0.1, 0.15) is 34.8 Å². The van der Waals surface area contributed by atoms with Gasteiger partial charge >= 0.3 is 0 Å². The zero-order valence-corrected chi connectivity index (χ0v) is 28.0. The molecule has 0 unspecified atom stereocenters. The third-order valence-corrected chi connectivity index (χ3v) is 8.56. The van der Waals surface area contributed by atoms with Crippen LogP contribution in [-0.4, -0.2) is 49.3 Å². The number of para-hydroxylation sites is 1. The van der Waals surface area contributed by atoms with Gasteiger partial charge in [0.15, 0.2) is 11.6 Å². The molecule has 8 nitrogen and oxygen atoms in total. The van der Waals surface area contributed by atoms with Gasteiger partial charge in [-0.2, -0.15) is 0 Å². The van der Waals surface area contributed by atoms with E-state index in [1.165, 1.54) is 0 Å². The maximum atomic E-state index is 14.4. The minimum atomic E-state index is -1.33. The van der Waals surface area contributed by atoms with E-state index in [0.29, 0.717) is 44.1 Å². The predicted octanol–water partition coefficient (Wildman–Crippen LogP) is 6.34. The fourth-order valence-electron chi connectivity index (χ4n) is 5.19. The lowest BCUT2D eigenvalue weighted by molar-refractivity contribution is -0.130. The van der Waals surface area contributed by atoms with Crippen LogP contribution < -0.4 is 20.3 Å². The summed E-state index contributed by atoms with van der Waals surface area (Å²) in [6.45, 7) is 0.968. The Morgan fingerprint density at radius 2 is 1.64 bits per heavy atom. The number of hydrogen-bond donors (Lipinski definition) is 3. The molecule has 0 aliphatic carbocycles. The van der Waals surface area contributed by atoms with E-state index >= 15 is 0 Å². The van der Waals surface area contributed by atoms with Gasteiger partial charge in [0.05, 0.1) is 13.7 Å². The molecule has 0 aromatic heterocycles. The molecule has 0 bridgehead atoms. The normalized spacial score (nSPS) is 17.3. The molecule has 10 heteroatoms. The number of amides is 1. The van der Waals surface area contributed by atoms with Crippen molar-refractivity contribution < 1.29 is 24.1 Å². The van der Waals surface area contributed by atoms with Crippen LogP contribution in [0, 0.1) is 0 Å². The monoisotopic (exact) mass is 735 g/mol. The van der Waals surface area contributed by atoms with Gasteiger partial charge in [-0.15, -0.1) is 0 Å². The summed E-state index contributed by atoms with van der Waals surface area (Å²) in [5, 5.41) is 9.06. The van der Waals surface area contributed by atoms with Crippen molar-refractivity contribution in [1.29, 1.82) is 0 Å². The van der Waals surface area contributed by atoms with Crippen molar-refractivity contribution in [3.05, 3.63) is 128 Å². The number of hydrazine groups is 1. The number of ether oxygens (including phenoxy) is 3. The third-order valence-electron chi connectivity index (χ3n) is 7.50. The number of carbonyl (C=O) groups is 1. The van der Waals surface area contributed by atoms with Gasteiger partial charge in [-0.1, -0.05) is 74.3 Å². The van der Waals surface area contributed by atoms with Crippen molar-refractivity contribution in [2.45, 2.75) is 30.9 Å². The minimum absolute atomic E-state index is 0.0675. The number of nitrogens with zero attached hydrogens (tertiary/aromatic N) is 1. The highest BCUT2D eigenvalue weighted by molar-refractivity contribution is 9.10. The van der Waals surface area contributed by atoms with Crippen LogP contribution in [0.5, 0.6) is 11.5 Å². The zero-order valence-electron chi connectivity index (χ0n) is 24.8. The molecule has 1 amide bonds. The van der Waals surface area contributed by atoms with E-state index < -0.39 is 11.6 Å². The van der Waals surface area contributed by atoms with Crippen molar-refractivity contribution >= 4 is 43.7 Å². The first-order chi connectivity index (χ1) is 21.9. The number of carbonyl (C=O) groups excluding carboxylic acids is 1. The highest BCUT2D eigenvalue weighted by Gasteiger charge is 2.53. The summed E-state index contributed by atoms with van der Waals surface area (Å²) in [5.41, 5.74) is 8.26. The summed E-state index contributed by atoms with van der Waals surface area (Å²) in [5.74, 6) is 1.53. The molecule has 1 aliphatic heterocycles. The van der Waals surface area contributed by atoms with E-state index in [0.717, 1.165) is 36.9 Å². The van der Waals surface area contributed by atoms with E-state index in [-0.39, 0.29) is 12.5 Å². The largest absolute Gasteiger partial charge is 0.496 e. The van der Waals surface area contributed by atoms with Crippen LogP contribution in [0.4, 0.5) is 0 Å². The van der Waals surface area contributed by atoms with Crippen LogP contribution in [-0.2, 0) is 22.4 Å². The number of rotatable bonds is 14. The van der Waals surface area contributed by atoms with Crippen LogP contribution >= 0.6 is 31.9 Å². The van der Waals surface area contributed by atoms with Crippen LogP contribution in [0.25, 0.3) is 0 Å². The second kappa shape index (κ2) is 15.5. The van der Waals surface area contributed by atoms with Gasteiger partial charge in [0.1, 0.15) is 11.5 Å². The summed E-state index contributed by atoms with van der Waals surface area (Å²) in [7, 11) is 1.65. The van der Waals surface area contributed by atoms with Gasteiger partial charge in [-0.05, 0) is 77.7 Å². The highest BCUT2D eigenvalue weighted by atomic mass is 79.9. The number of hydrogen-bond acceptors (Lipinski definition) is 7. The number of aliphatic hydroxyl groups is 1. The van der Waals surface area contributed by atoms with E-state index in [2.05, 4.69) is 42.7 Å². The van der Waals surface area contributed by atoms with E-state index in [4.69, 9.17) is 24.3 Å². The average Bonchev–Trinajstić information content (AvgIpc) is 3.45.